The lowest BCUT2D eigenvalue weighted by Crippen LogP contribution is -1.98. The summed E-state index contributed by atoms with van der Waals surface area (Å²) >= 11 is 0. The van der Waals surface area contributed by atoms with Crippen LogP contribution in [0.15, 0.2) is 12.3 Å². The minimum absolute atomic E-state index is 0.0302. The van der Waals surface area contributed by atoms with Gasteiger partial charge in [-0.05, 0) is 19.4 Å². The molecule has 1 aromatic heterocycles. The Labute approximate surface area is 71.4 Å². The molecule has 0 fully saturated rings. The quantitative estimate of drug-likeness (QED) is 0.625. The molecule has 0 aliphatic rings. The number of hydrogen-bond donors (Lipinski definition) is 0. The highest BCUT2D eigenvalue weighted by Crippen LogP contribution is 2.13. The fraction of sp³-hybridized carbons (Fsp3) is 0.333. The van der Waals surface area contributed by atoms with E-state index in [1.54, 1.807) is 13.2 Å². The standard InChI is InChI=1S/C9H11NO2/c1-6-4-9(12-3)10-5-8(6)7(2)11/h4-5H,1-3H3. The van der Waals surface area contributed by atoms with E-state index < -0.39 is 0 Å². The molecule has 3 nitrogen and oxygen atoms in total. The van der Waals surface area contributed by atoms with Crippen molar-refractivity contribution in [2.45, 2.75) is 13.8 Å². The molecule has 64 valence electrons. The molecule has 0 bridgehead atoms. The zero-order valence-corrected chi connectivity index (χ0v) is 7.42. The molecule has 0 radical (unpaired) electrons. The van der Waals surface area contributed by atoms with Crippen molar-refractivity contribution < 1.29 is 9.53 Å². The molecular weight excluding hydrogens is 154 g/mol. The van der Waals surface area contributed by atoms with Crippen LogP contribution >= 0.6 is 0 Å². The molecule has 0 atom stereocenters. The number of aromatic nitrogens is 1. The van der Waals surface area contributed by atoms with E-state index in [4.69, 9.17) is 4.74 Å². The van der Waals surface area contributed by atoms with Crippen molar-refractivity contribution in [2.75, 3.05) is 7.11 Å². The van der Waals surface area contributed by atoms with E-state index in [1.165, 1.54) is 13.1 Å². The molecule has 0 unspecified atom stereocenters. The second-order valence-corrected chi connectivity index (χ2v) is 2.60. The van der Waals surface area contributed by atoms with Gasteiger partial charge in [0.05, 0.1) is 7.11 Å². The number of hydrogen-bond acceptors (Lipinski definition) is 3. The third kappa shape index (κ3) is 1.61. The number of rotatable bonds is 2. The van der Waals surface area contributed by atoms with E-state index in [0.717, 1.165) is 5.56 Å². The van der Waals surface area contributed by atoms with Crippen LogP contribution in [0.1, 0.15) is 22.8 Å². The number of aryl methyl sites for hydroxylation is 1. The Morgan fingerprint density at radius 2 is 2.25 bits per heavy atom. The normalized spacial score (nSPS) is 9.58. The van der Waals surface area contributed by atoms with E-state index in [9.17, 15) is 4.79 Å². The van der Waals surface area contributed by atoms with E-state index >= 15 is 0 Å². The van der Waals surface area contributed by atoms with Crippen molar-refractivity contribution in [1.29, 1.82) is 0 Å². The largest absolute Gasteiger partial charge is 0.481 e. The average Bonchev–Trinajstić information content (AvgIpc) is 2.03. The van der Waals surface area contributed by atoms with Gasteiger partial charge in [0.15, 0.2) is 5.78 Å². The predicted molar refractivity (Wildman–Crippen MR) is 45.5 cm³/mol. The monoisotopic (exact) mass is 165 g/mol. The van der Waals surface area contributed by atoms with Crippen LogP contribution in [0.25, 0.3) is 0 Å². The molecule has 0 N–H and O–H groups in total. The zero-order chi connectivity index (χ0) is 9.14. The molecule has 0 aliphatic heterocycles. The van der Waals surface area contributed by atoms with Gasteiger partial charge in [0.25, 0.3) is 0 Å². The topological polar surface area (TPSA) is 39.2 Å². The van der Waals surface area contributed by atoms with Crippen LogP contribution in [-0.2, 0) is 0 Å². The fourth-order valence-corrected chi connectivity index (χ4v) is 1.01. The average molecular weight is 165 g/mol. The summed E-state index contributed by atoms with van der Waals surface area (Å²) in [6, 6.07) is 1.75. The highest BCUT2D eigenvalue weighted by atomic mass is 16.5. The SMILES string of the molecule is COc1cc(C)c(C(C)=O)cn1. The van der Waals surface area contributed by atoms with Gasteiger partial charge < -0.3 is 4.74 Å². The number of ether oxygens (including phenoxy) is 1. The van der Waals surface area contributed by atoms with Crippen molar-refractivity contribution in [3.8, 4) is 5.88 Å². The minimum Gasteiger partial charge on any atom is -0.481 e. The first kappa shape index (κ1) is 8.71. The number of carbonyl (C=O) groups is 1. The first-order valence-electron chi connectivity index (χ1n) is 3.66. The molecule has 1 heterocycles. The van der Waals surface area contributed by atoms with Crippen molar-refractivity contribution >= 4 is 5.78 Å². The number of carbonyl (C=O) groups excluding carboxylic acids is 1. The Balaban J connectivity index is 3.12. The Hall–Kier alpha value is -1.38. The summed E-state index contributed by atoms with van der Waals surface area (Å²) in [5, 5.41) is 0. The molecule has 12 heavy (non-hydrogen) atoms. The second-order valence-electron chi connectivity index (χ2n) is 2.60. The summed E-state index contributed by atoms with van der Waals surface area (Å²) < 4.78 is 4.91. The summed E-state index contributed by atoms with van der Waals surface area (Å²) in [5.74, 6) is 0.570. The molecule has 1 rings (SSSR count). The molecule has 0 aliphatic carbocycles. The fourth-order valence-electron chi connectivity index (χ4n) is 1.01. The van der Waals surface area contributed by atoms with Crippen LogP contribution in [0.3, 0.4) is 0 Å². The third-order valence-corrected chi connectivity index (χ3v) is 1.67. The number of pyridine rings is 1. The Morgan fingerprint density at radius 1 is 1.58 bits per heavy atom. The smallest absolute Gasteiger partial charge is 0.213 e. The Morgan fingerprint density at radius 3 is 2.67 bits per heavy atom. The zero-order valence-electron chi connectivity index (χ0n) is 7.42. The lowest BCUT2D eigenvalue weighted by atomic mass is 10.1. The summed E-state index contributed by atoms with van der Waals surface area (Å²) in [6.07, 6.45) is 1.54. The molecule has 1 aromatic rings. The molecule has 0 amide bonds. The van der Waals surface area contributed by atoms with E-state index in [1.807, 2.05) is 6.92 Å². The van der Waals surface area contributed by atoms with Crippen LogP contribution < -0.4 is 4.74 Å². The number of ketones is 1. The van der Waals surface area contributed by atoms with Crippen LogP contribution in [0, 0.1) is 6.92 Å². The van der Waals surface area contributed by atoms with Crippen LogP contribution in [-0.4, -0.2) is 17.9 Å². The summed E-state index contributed by atoms with van der Waals surface area (Å²) in [5.41, 5.74) is 1.55. The van der Waals surface area contributed by atoms with Gasteiger partial charge in [0.1, 0.15) is 0 Å². The van der Waals surface area contributed by atoms with Crippen LogP contribution in [0.2, 0.25) is 0 Å². The Bertz CT molecular complexity index is 307. The summed E-state index contributed by atoms with van der Waals surface area (Å²) in [7, 11) is 1.55. The molecule has 0 saturated carbocycles. The summed E-state index contributed by atoms with van der Waals surface area (Å²) in [4.78, 5) is 14.9. The first-order valence-corrected chi connectivity index (χ1v) is 3.66. The van der Waals surface area contributed by atoms with E-state index in [0.29, 0.717) is 11.4 Å². The van der Waals surface area contributed by atoms with Crippen molar-refractivity contribution in [3.05, 3.63) is 23.4 Å². The van der Waals surface area contributed by atoms with Gasteiger partial charge in [-0.2, -0.15) is 0 Å². The summed E-state index contributed by atoms with van der Waals surface area (Å²) in [6.45, 7) is 3.39. The number of Topliss-reactive ketones (excluding diaryl/α,β-unsaturated/α-hetero) is 1. The Kier molecular flexibility index (Phi) is 2.43. The van der Waals surface area contributed by atoms with E-state index in [2.05, 4.69) is 4.98 Å². The van der Waals surface area contributed by atoms with Crippen molar-refractivity contribution in [3.63, 3.8) is 0 Å². The molecule has 3 heteroatoms. The van der Waals surface area contributed by atoms with Gasteiger partial charge in [-0.25, -0.2) is 4.98 Å². The van der Waals surface area contributed by atoms with Gasteiger partial charge in [0, 0.05) is 17.8 Å². The number of nitrogens with zero attached hydrogens (tertiary/aromatic N) is 1. The second kappa shape index (κ2) is 3.34. The van der Waals surface area contributed by atoms with Crippen molar-refractivity contribution in [2.24, 2.45) is 0 Å². The molecular formula is C9H11NO2. The van der Waals surface area contributed by atoms with Crippen LogP contribution in [0.4, 0.5) is 0 Å². The van der Waals surface area contributed by atoms with Gasteiger partial charge in [-0.15, -0.1) is 0 Å². The predicted octanol–water partition coefficient (Wildman–Crippen LogP) is 1.60. The minimum atomic E-state index is 0.0302. The van der Waals surface area contributed by atoms with Gasteiger partial charge in [0.2, 0.25) is 5.88 Å². The third-order valence-electron chi connectivity index (χ3n) is 1.67. The maximum Gasteiger partial charge on any atom is 0.213 e. The maximum absolute atomic E-state index is 11.0. The maximum atomic E-state index is 11.0. The first-order chi connectivity index (χ1) is 5.65. The van der Waals surface area contributed by atoms with Gasteiger partial charge in [-0.3, -0.25) is 4.79 Å². The highest BCUT2D eigenvalue weighted by molar-refractivity contribution is 5.95. The van der Waals surface area contributed by atoms with Crippen LogP contribution in [0.5, 0.6) is 5.88 Å². The molecule has 0 aromatic carbocycles. The van der Waals surface area contributed by atoms with Crippen molar-refractivity contribution in [1.82, 2.24) is 4.98 Å². The van der Waals surface area contributed by atoms with Gasteiger partial charge >= 0.3 is 0 Å². The van der Waals surface area contributed by atoms with E-state index in [-0.39, 0.29) is 5.78 Å². The number of methoxy groups -OCH3 is 1. The van der Waals surface area contributed by atoms with Gasteiger partial charge in [-0.1, -0.05) is 0 Å². The molecule has 0 saturated heterocycles. The lowest BCUT2D eigenvalue weighted by molar-refractivity contribution is 0.101. The lowest BCUT2D eigenvalue weighted by Gasteiger charge is -2.02. The highest BCUT2D eigenvalue weighted by Gasteiger charge is 2.04. The molecule has 0 spiro atoms.